The molecule has 0 aliphatic heterocycles. The number of hydrogen-bond acceptors (Lipinski definition) is 4. The Morgan fingerprint density at radius 2 is 2.06 bits per heavy atom. The third-order valence-corrected chi connectivity index (χ3v) is 2.54. The molecule has 0 amide bonds. The molecule has 96 valence electrons. The largest absolute Gasteiger partial charge is 0.389 e. The van der Waals surface area contributed by atoms with Crippen LogP contribution in [0.25, 0.3) is 0 Å². The van der Waals surface area contributed by atoms with Crippen molar-refractivity contribution in [2.75, 3.05) is 18.0 Å². The smallest absolute Gasteiger partial charge is 0.128 e. The van der Waals surface area contributed by atoms with Crippen molar-refractivity contribution in [3.05, 3.63) is 23.9 Å². The summed E-state index contributed by atoms with van der Waals surface area (Å²) in [7, 11) is 0. The second-order valence-corrected chi connectivity index (χ2v) is 4.95. The van der Waals surface area contributed by atoms with E-state index in [1.54, 1.807) is 27.0 Å². The van der Waals surface area contributed by atoms with Crippen molar-refractivity contribution in [3.8, 4) is 0 Å². The number of rotatable bonds is 5. The molecule has 1 rings (SSSR count). The van der Waals surface area contributed by atoms with Crippen molar-refractivity contribution in [3.63, 3.8) is 0 Å². The first-order valence-electron chi connectivity index (χ1n) is 5.95. The minimum atomic E-state index is -0.749. The minimum absolute atomic E-state index is 0.499. The Morgan fingerprint density at radius 3 is 2.41 bits per heavy atom. The molecule has 4 heteroatoms. The second kappa shape index (κ2) is 5.47. The van der Waals surface area contributed by atoms with Crippen LogP contribution in [0, 0.1) is 0 Å². The molecule has 1 aromatic rings. The summed E-state index contributed by atoms with van der Waals surface area (Å²) in [5.41, 5.74) is 0.0498. The zero-order valence-corrected chi connectivity index (χ0v) is 11.0. The minimum Gasteiger partial charge on any atom is -0.389 e. The third-order valence-electron chi connectivity index (χ3n) is 2.54. The van der Waals surface area contributed by atoms with Crippen LogP contribution >= 0.6 is 0 Å². The van der Waals surface area contributed by atoms with Gasteiger partial charge < -0.3 is 15.1 Å². The number of aliphatic hydroxyl groups is 2. The van der Waals surface area contributed by atoms with E-state index in [2.05, 4.69) is 4.98 Å². The fraction of sp³-hybridized carbons (Fsp3) is 0.615. The van der Waals surface area contributed by atoms with E-state index in [0.29, 0.717) is 6.54 Å². The molecule has 17 heavy (non-hydrogen) atoms. The van der Waals surface area contributed by atoms with Gasteiger partial charge in [-0.1, -0.05) is 6.07 Å². The highest BCUT2D eigenvalue weighted by Gasteiger charge is 2.18. The Kier molecular flexibility index (Phi) is 4.48. The topological polar surface area (TPSA) is 56.6 Å². The van der Waals surface area contributed by atoms with Gasteiger partial charge in [0.2, 0.25) is 0 Å². The van der Waals surface area contributed by atoms with Gasteiger partial charge in [-0.3, -0.25) is 0 Å². The van der Waals surface area contributed by atoms with Crippen LogP contribution in [-0.2, 0) is 0 Å². The average Bonchev–Trinajstić information content (AvgIpc) is 2.25. The van der Waals surface area contributed by atoms with Gasteiger partial charge in [0, 0.05) is 19.3 Å². The SMILES string of the molecule is CCN(CC(C)(C)O)c1ccc(C(C)O)cn1. The first-order valence-corrected chi connectivity index (χ1v) is 5.95. The van der Waals surface area contributed by atoms with E-state index in [1.807, 2.05) is 24.0 Å². The zero-order chi connectivity index (χ0) is 13.1. The average molecular weight is 238 g/mol. The van der Waals surface area contributed by atoms with Gasteiger partial charge in [-0.2, -0.15) is 0 Å². The van der Waals surface area contributed by atoms with E-state index in [0.717, 1.165) is 17.9 Å². The van der Waals surface area contributed by atoms with Crippen molar-refractivity contribution in [2.24, 2.45) is 0 Å². The van der Waals surface area contributed by atoms with E-state index in [4.69, 9.17) is 0 Å². The Bertz CT molecular complexity index is 341. The second-order valence-electron chi connectivity index (χ2n) is 4.95. The third kappa shape index (κ3) is 4.32. The zero-order valence-electron chi connectivity index (χ0n) is 11.0. The number of anilines is 1. The van der Waals surface area contributed by atoms with Crippen LogP contribution in [0.15, 0.2) is 18.3 Å². The summed E-state index contributed by atoms with van der Waals surface area (Å²) in [6, 6.07) is 3.73. The van der Waals surface area contributed by atoms with Gasteiger partial charge >= 0.3 is 0 Å². The summed E-state index contributed by atoms with van der Waals surface area (Å²) in [6.07, 6.45) is 1.17. The van der Waals surface area contributed by atoms with Crippen LogP contribution in [-0.4, -0.2) is 33.9 Å². The molecular formula is C13H22N2O2. The summed E-state index contributed by atoms with van der Waals surface area (Å²) in [4.78, 5) is 6.32. The van der Waals surface area contributed by atoms with Gasteiger partial charge in [-0.25, -0.2) is 4.98 Å². The Labute approximate surface area is 103 Å². The monoisotopic (exact) mass is 238 g/mol. The molecule has 0 saturated heterocycles. The summed E-state index contributed by atoms with van der Waals surface area (Å²) >= 11 is 0. The molecule has 0 radical (unpaired) electrons. The maximum Gasteiger partial charge on any atom is 0.128 e. The Morgan fingerprint density at radius 1 is 1.41 bits per heavy atom. The lowest BCUT2D eigenvalue weighted by Crippen LogP contribution is -2.39. The molecule has 1 aromatic heterocycles. The number of hydrogen-bond donors (Lipinski definition) is 2. The van der Waals surface area contributed by atoms with E-state index in [9.17, 15) is 10.2 Å². The number of aromatic nitrogens is 1. The first-order chi connectivity index (χ1) is 7.83. The number of nitrogens with zero attached hydrogens (tertiary/aromatic N) is 2. The number of pyridine rings is 1. The Balaban J connectivity index is 2.82. The normalized spacial score (nSPS) is 13.5. The van der Waals surface area contributed by atoms with Crippen molar-refractivity contribution in [1.82, 2.24) is 4.98 Å². The van der Waals surface area contributed by atoms with Crippen molar-refractivity contribution in [1.29, 1.82) is 0 Å². The molecule has 1 atom stereocenters. The highest BCUT2D eigenvalue weighted by molar-refractivity contribution is 5.39. The molecule has 4 nitrogen and oxygen atoms in total. The van der Waals surface area contributed by atoms with Crippen LogP contribution in [0.5, 0.6) is 0 Å². The lowest BCUT2D eigenvalue weighted by molar-refractivity contribution is 0.0874. The molecule has 2 N–H and O–H groups in total. The van der Waals surface area contributed by atoms with Crippen molar-refractivity contribution >= 4 is 5.82 Å². The Hall–Kier alpha value is -1.13. The van der Waals surface area contributed by atoms with Crippen LogP contribution in [0.2, 0.25) is 0 Å². The fourth-order valence-corrected chi connectivity index (χ4v) is 1.65. The number of aliphatic hydroxyl groups excluding tert-OH is 1. The molecule has 0 bridgehead atoms. The lowest BCUT2D eigenvalue weighted by Gasteiger charge is -2.29. The highest BCUT2D eigenvalue weighted by atomic mass is 16.3. The summed E-state index contributed by atoms with van der Waals surface area (Å²) in [5, 5.41) is 19.2. The molecule has 0 aliphatic rings. The van der Waals surface area contributed by atoms with E-state index >= 15 is 0 Å². The summed E-state index contributed by atoms with van der Waals surface area (Å²) < 4.78 is 0. The molecule has 1 unspecified atom stereocenters. The van der Waals surface area contributed by atoms with Crippen LogP contribution < -0.4 is 4.90 Å². The lowest BCUT2D eigenvalue weighted by atomic mass is 10.1. The predicted molar refractivity (Wildman–Crippen MR) is 69.1 cm³/mol. The first kappa shape index (κ1) is 13.9. The maximum atomic E-state index is 9.81. The van der Waals surface area contributed by atoms with Crippen molar-refractivity contribution < 1.29 is 10.2 Å². The van der Waals surface area contributed by atoms with Gasteiger partial charge in [-0.05, 0) is 39.3 Å². The molecule has 1 heterocycles. The standard InChI is InChI=1S/C13H22N2O2/c1-5-15(9-13(3,4)17)12-7-6-11(8-14-12)10(2)16/h6-8,10,16-17H,5,9H2,1-4H3. The van der Waals surface area contributed by atoms with E-state index in [1.165, 1.54) is 0 Å². The van der Waals surface area contributed by atoms with Gasteiger partial charge in [0.05, 0.1) is 11.7 Å². The number of likely N-dealkylation sites (N-methyl/N-ethyl adjacent to an activating group) is 1. The highest BCUT2D eigenvalue weighted by Crippen LogP contribution is 2.17. The summed E-state index contributed by atoms with van der Waals surface area (Å²) in [6.45, 7) is 8.61. The maximum absolute atomic E-state index is 9.81. The molecule has 0 spiro atoms. The summed E-state index contributed by atoms with van der Waals surface area (Å²) in [5.74, 6) is 0.819. The van der Waals surface area contributed by atoms with Gasteiger partial charge in [0.25, 0.3) is 0 Å². The van der Waals surface area contributed by atoms with E-state index in [-0.39, 0.29) is 0 Å². The molecule has 0 aromatic carbocycles. The molecule has 0 fully saturated rings. The van der Waals surface area contributed by atoms with Crippen LogP contribution in [0.1, 0.15) is 39.4 Å². The molecule has 0 aliphatic carbocycles. The molecular weight excluding hydrogens is 216 g/mol. The van der Waals surface area contributed by atoms with Crippen LogP contribution in [0.3, 0.4) is 0 Å². The predicted octanol–water partition coefficient (Wildman–Crippen LogP) is 1.73. The van der Waals surface area contributed by atoms with Crippen molar-refractivity contribution in [2.45, 2.75) is 39.4 Å². The van der Waals surface area contributed by atoms with Crippen LogP contribution in [0.4, 0.5) is 5.82 Å². The van der Waals surface area contributed by atoms with E-state index < -0.39 is 11.7 Å². The van der Waals surface area contributed by atoms with Gasteiger partial charge in [0.15, 0.2) is 0 Å². The molecule has 0 saturated carbocycles. The fourth-order valence-electron chi connectivity index (χ4n) is 1.65. The van der Waals surface area contributed by atoms with Gasteiger partial charge in [0.1, 0.15) is 5.82 Å². The van der Waals surface area contributed by atoms with Gasteiger partial charge in [-0.15, -0.1) is 0 Å². The quantitative estimate of drug-likeness (QED) is 0.820.